The number of nitrogens with two attached hydrogens (primary N) is 1. The maximum Gasteiger partial charge on any atom is 0.249 e. The summed E-state index contributed by atoms with van der Waals surface area (Å²) in [5.41, 5.74) is 5.74. The third kappa shape index (κ3) is 2.89. The van der Waals surface area contributed by atoms with E-state index in [2.05, 4.69) is 15.5 Å². The number of aryl methyl sites for hydroxylation is 1. The maximum absolute atomic E-state index is 10.9. The Morgan fingerprint density at radius 2 is 2.41 bits per heavy atom. The molecular weight excluding hydrogens is 238 g/mol. The van der Waals surface area contributed by atoms with Crippen molar-refractivity contribution in [3.05, 3.63) is 34.0 Å². The Bertz CT molecular complexity index is 518. The molecule has 0 radical (unpaired) electrons. The molecule has 3 N–H and O–H groups in total. The lowest BCUT2D eigenvalue weighted by atomic mass is 10.3. The summed E-state index contributed by atoms with van der Waals surface area (Å²) in [4.78, 5) is 12.0. The summed E-state index contributed by atoms with van der Waals surface area (Å²) in [6, 6.07) is 1.80. The fraction of sp³-hybridized carbons (Fsp3) is 0.300. The summed E-state index contributed by atoms with van der Waals surface area (Å²) in [6.07, 6.45) is 1.66. The van der Waals surface area contributed by atoms with Crippen LogP contribution in [0.4, 0.5) is 0 Å². The zero-order valence-corrected chi connectivity index (χ0v) is 10.2. The summed E-state index contributed by atoms with van der Waals surface area (Å²) in [7, 11) is 1.90. The first-order valence-corrected chi connectivity index (χ1v) is 5.95. The van der Waals surface area contributed by atoms with E-state index >= 15 is 0 Å². The number of aromatic nitrogens is 3. The van der Waals surface area contributed by atoms with Crippen LogP contribution in [0.15, 0.2) is 17.8 Å². The zero-order chi connectivity index (χ0) is 12.3. The van der Waals surface area contributed by atoms with Crippen molar-refractivity contribution in [1.82, 2.24) is 20.1 Å². The third-order valence-corrected chi connectivity index (χ3v) is 3.26. The molecule has 0 spiro atoms. The Morgan fingerprint density at radius 3 is 3.00 bits per heavy atom. The average molecular weight is 251 g/mol. The van der Waals surface area contributed by atoms with Gasteiger partial charge in [-0.2, -0.15) is 0 Å². The van der Waals surface area contributed by atoms with Crippen molar-refractivity contribution >= 4 is 17.2 Å². The van der Waals surface area contributed by atoms with Gasteiger partial charge in [-0.25, -0.2) is 0 Å². The van der Waals surface area contributed by atoms with Crippen molar-refractivity contribution < 1.29 is 4.79 Å². The molecule has 0 fully saturated rings. The Hall–Kier alpha value is -1.73. The highest BCUT2D eigenvalue weighted by molar-refractivity contribution is 7.10. The SMILES string of the molecule is Cn1cnnc1CNCc1cc(C(N)=O)cs1. The van der Waals surface area contributed by atoms with E-state index < -0.39 is 0 Å². The minimum Gasteiger partial charge on any atom is -0.366 e. The molecule has 2 aromatic heterocycles. The molecule has 6 nitrogen and oxygen atoms in total. The number of rotatable bonds is 5. The molecular formula is C10H13N5OS. The predicted octanol–water partition coefficient (Wildman–Crippen LogP) is 0.265. The molecule has 0 atom stereocenters. The van der Waals surface area contributed by atoms with Crippen LogP contribution in [0.2, 0.25) is 0 Å². The highest BCUT2D eigenvalue weighted by atomic mass is 32.1. The summed E-state index contributed by atoms with van der Waals surface area (Å²) >= 11 is 1.51. The number of nitrogens with zero attached hydrogens (tertiary/aromatic N) is 3. The quantitative estimate of drug-likeness (QED) is 0.798. The molecule has 0 aliphatic carbocycles. The molecule has 0 aliphatic rings. The van der Waals surface area contributed by atoms with Crippen LogP contribution in [0, 0.1) is 0 Å². The molecule has 90 valence electrons. The monoisotopic (exact) mass is 251 g/mol. The van der Waals surface area contributed by atoms with E-state index in [0.29, 0.717) is 18.7 Å². The van der Waals surface area contributed by atoms with Crippen LogP contribution in [-0.4, -0.2) is 20.7 Å². The number of primary amides is 1. The van der Waals surface area contributed by atoms with Gasteiger partial charge in [-0.05, 0) is 6.07 Å². The molecule has 7 heteroatoms. The van der Waals surface area contributed by atoms with Crippen LogP contribution >= 0.6 is 11.3 Å². The number of hydrogen-bond acceptors (Lipinski definition) is 5. The maximum atomic E-state index is 10.9. The van der Waals surface area contributed by atoms with Crippen molar-refractivity contribution in [3.63, 3.8) is 0 Å². The summed E-state index contributed by atoms with van der Waals surface area (Å²) in [5.74, 6) is 0.484. The van der Waals surface area contributed by atoms with Crippen LogP contribution in [-0.2, 0) is 20.1 Å². The van der Waals surface area contributed by atoms with Gasteiger partial charge in [0.15, 0.2) is 0 Å². The number of carbonyl (C=O) groups excluding carboxylic acids is 1. The van der Waals surface area contributed by atoms with Gasteiger partial charge < -0.3 is 15.6 Å². The lowest BCUT2D eigenvalue weighted by molar-refractivity contribution is 0.100. The van der Waals surface area contributed by atoms with E-state index in [-0.39, 0.29) is 5.91 Å². The van der Waals surface area contributed by atoms with E-state index in [4.69, 9.17) is 5.73 Å². The van der Waals surface area contributed by atoms with Gasteiger partial charge in [-0.15, -0.1) is 21.5 Å². The molecule has 1 amide bonds. The number of amides is 1. The van der Waals surface area contributed by atoms with Gasteiger partial charge in [0.05, 0.1) is 12.1 Å². The Morgan fingerprint density at radius 1 is 1.59 bits per heavy atom. The molecule has 2 heterocycles. The van der Waals surface area contributed by atoms with Gasteiger partial charge in [0, 0.05) is 23.8 Å². The first-order valence-electron chi connectivity index (χ1n) is 5.07. The van der Waals surface area contributed by atoms with E-state index in [0.717, 1.165) is 10.7 Å². The first-order chi connectivity index (χ1) is 8.16. The van der Waals surface area contributed by atoms with Crippen LogP contribution < -0.4 is 11.1 Å². The van der Waals surface area contributed by atoms with E-state index in [1.165, 1.54) is 11.3 Å². The lowest BCUT2D eigenvalue weighted by Gasteiger charge is -2.01. The molecule has 17 heavy (non-hydrogen) atoms. The van der Waals surface area contributed by atoms with Crippen molar-refractivity contribution in [1.29, 1.82) is 0 Å². The number of nitrogens with one attached hydrogen (secondary N) is 1. The molecule has 2 aromatic rings. The topological polar surface area (TPSA) is 85.8 Å². The lowest BCUT2D eigenvalue weighted by Crippen LogP contribution is -2.15. The molecule has 0 aromatic carbocycles. The van der Waals surface area contributed by atoms with E-state index in [1.54, 1.807) is 17.8 Å². The molecule has 2 rings (SSSR count). The van der Waals surface area contributed by atoms with Gasteiger partial charge in [-0.1, -0.05) is 0 Å². The Balaban J connectivity index is 1.86. The van der Waals surface area contributed by atoms with Crippen LogP contribution in [0.3, 0.4) is 0 Å². The predicted molar refractivity (Wildman–Crippen MR) is 64.4 cm³/mol. The Kier molecular flexibility index (Phi) is 3.50. The van der Waals surface area contributed by atoms with Crippen molar-refractivity contribution in [3.8, 4) is 0 Å². The summed E-state index contributed by atoms with van der Waals surface area (Å²) in [5, 5.41) is 12.7. The minimum absolute atomic E-state index is 0.388. The highest BCUT2D eigenvalue weighted by Crippen LogP contribution is 2.13. The smallest absolute Gasteiger partial charge is 0.249 e. The van der Waals surface area contributed by atoms with Crippen molar-refractivity contribution in [2.45, 2.75) is 13.1 Å². The van der Waals surface area contributed by atoms with Crippen molar-refractivity contribution in [2.75, 3.05) is 0 Å². The van der Waals surface area contributed by atoms with Crippen LogP contribution in [0.1, 0.15) is 21.1 Å². The van der Waals surface area contributed by atoms with Crippen LogP contribution in [0.5, 0.6) is 0 Å². The van der Waals surface area contributed by atoms with E-state index in [1.807, 2.05) is 11.6 Å². The highest BCUT2D eigenvalue weighted by Gasteiger charge is 2.05. The fourth-order valence-electron chi connectivity index (χ4n) is 1.37. The van der Waals surface area contributed by atoms with Gasteiger partial charge in [0.25, 0.3) is 0 Å². The minimum atomic E-state index is -0.388. The second-order valence-electron chi connectivity index (χ2n) is 3.63. The molecule has 0 saturated carbocycles. The summed E-state index contributed by atoms with van der Waals surface area (Å²) < 4.78 is 1.86. The third-order valence-electron chi connectivity index (χ3n) is 2.33. The number of hydrogen-bond donors (Lipinski definition) is 2. The van der Waals surface area contributed by atoms with Gasteiger partial charge in [0.2, 0.25) is 5.91 Å². The number of carbonyl (C=O) groups is 1. The van der Waals surface area contributed by atoms with Gasteiger partial charge in [-0.3, -0.25) is 4.79 Å². The summed E-state index contributed by atoms with van der Waals surface area (Å²) in [6.45, 7) is 1.32. The zero-order valence-electron chi connectivity index (χ0n) is 9.38. The molecule has 0 aliphatic heterocycles. The standard InChI is InChI=1S/C10H13N5OS/c1-15-6-13-14-9(15)4-12-3-8-2-7(5-17-8)10(11)16/h2,5-6,12H,3-4H2,1H3,(H2,11,16). The Labute approximate surface area is 102 Å². The van der Waals surface area contributed by atoms with Crippen LogP contribution in [0.25, 0.3) is 0 Å². The van der Waals surface area contributed by atoms with E-state index in [9.17, 15) is 4.79 Å². The normalized spacial score (nSPS) is 10.6. The number of thiophene rings is 1. The molecule has 0 unspecified atom stereocenters. The van der Waals surface area contributed by atoms with Gasteiger partial charge in [0.1, 0.15) is 12.2 Å². The first kappa shape index (κ1) is 11.7. The van der Waals surface area contributed by atoms with Crippen molar-refractivity contribution in [2.24, 2.45) is 12.8 Å². The average Bonchev–Trinajstić information content (AvgIpc) is 2.89. The van der Waals surface area contributed by atoms with Gasteiger partial charge >= 0.3 is 0 Å². The fourth-order valence-corrected chi connectivity index (χ4v) is 2.21. The molecule has 0 saturated heterocycles. The second kappa shape index (κ2) is 5.07. The second-order valence-corrected chi connectivity index (χ2v) is 4.62. The molecule has 0 bridgehead atoms. The largest absolute Gasteiger partial charge is 0.366 e.